The summed E-state index contributed by atoms with van der Waals surface area (Å²) in [7, 11) is 0. The van der Waals surface area contributed by atoms with Crippen molar-refractivity contribution in [3.8, 4) is 0 Å². The van der Waals surface area contributed by atoms with Gasteiger partial charge in [0, 0.05) is 18.7 Å². The largest absolute Gasteiger partial charge is 0.355 e. The number of amides is 1. The smallest absolute Gasteiger partial charge is 0.220 e. The molecular formula is C26H45NOS. The van der Waals surface area contributed by atoms with Crippen molar-refractivity contribution < 1.29 is 4.79 Å². The van der Waals surface area contributed by atoms with Crippen LogP contribution in [0.5, 0.6) is 0 Å². The summed E-state index contributed by atoms with van der Waals surface area (Å²) in [5, 5.41) is 3.08. The maximum Gasteiger partial charge on any atom is 0.220 e. The lowest BCUT2D eigenvalue weighted by Gasteiger charge is -2.60. The van der Waals surface area contributed by atoms with Crippen LogP contribution in [0.4, 0.5) is 0 Å². The first-order chi connectivity index (χ1) is 14.0. The van der Waals surface area contributed by atoms with Gasteiger partial charge in [0.25, 0.3) is 0 Å². The van der Waals surface area contributed by atoms with Crippen molar-refractivity contribution in [2.24, 2.45) is 40.4 Å². The number of rotatable bonds is 7. The molecule has 7 unspecified atom stereocenters. The summed E-state index contributed by atoms with van der Waals surface area (Å²) < 4.78 is 0. The minimum absolute atomic E-state index is 0.269. The van der Waals surface area contributed by atoms with Gasteiger partial charge in [0.05, 0.1) is 0 Å². The highest BCUT2D eigenvalue weighted by molar-refractivity contribution is 7.98. The number of nitrogens with one attached hydrogen (secondary N) is 1. The van der Waals surface area contributed by atoms with Crippen LogP contribution in [-0.4, -0.2) is 24.5 Å². The van der Waals surface area contributed by atoms with Gasteiger partial charge in [-0.1, -0.05) is 26.7 Å². The molecule has 29 heavy (non-hydrogen) atoms. The van der Waals surface area contributed by atoms with Crippen LogP contribution < -0.4 is 5.32 Å². The zero-order valence-corrected chi connectivity index (χ0v) is 20.1. The maximum atomic E-state index is 12.1. The number of carbonyl (C=O) groups excluding carboxylic acids is 1. The van der Waals surface area contributed by atoms with Crippen molar-refractivity contribution in [3.63, 3.8) is 0 Å². The Balaban J connectivity index is 1.34. The standard InChI is InChI=1S/C26H45NOS/c1-25-15-5-4-7-19(25)10-12-21-22-13-11-20(26(22,2)16-14-23(21)25)8-6-9-24(28)27-17-18-29-3/h19-23H,4-18H2,1-3H3,(H,27,28). The third kappa shape index (κ3) is 4.15. The number of fused-ring (bicyclic) bond motifs is 5. The summed E-state index contributed by atoms with van der Waals surface area (Å²) in [5.41, 5.74) is 1.23. The SMILES string of the molecule is CSCCNC(=O)CCCC1CCC2C3CCC4CCCCC4(C)C3CCC12C. The molecule has 0 aromatic rings. The quantitative estimate of drug-likeness (QED) is 0.466. The van der Waals surface area contributed by atoms with E-state index in [-0.39, 0.29) is 5.91 Å². The minimum atomic E-state index is 0.269. The fourth-order valence-corrected chi connectivity index (χ4v) is 9.07. The van der Waals surface area contributed by atoms with Crippen molar-refractivity contribution in [3.05, 3.63) is 0 Å². The molecule has 2 nitrogen and oxygen atoms in total. The Morgan fingerprint density at radius 2 is 1.79 bits per heavy atom. The van der Waals surface area contributed by atoms with Gasteiger partial charge in [-0.25, -0.2) is 0 Å². The predicted octanol–water partition coefficient (Wildman–Crippen LogP) is 6.68. The molecule has 0 saturated heterocycles. The number of hydrogen-bond acceptors (Lipinski definition) is 2. The molecular weight excluding hydrogens is 374 g/mol. The summed E-state index contributed by atoms with van der Waals surface area (Å²) in [6.07, 6.45) is 20.1. The van der Waals surface area contributed by atoms with E-state index in [2.05, 4.69) is 25.4 Å². The molecule has 3 heteroatoms. The first kappa shape index (κ1) is 22.0. The monoisotopic (exact) mass is 419 g/mol. The summed E-state index contributed by atoms with van der Waals surface area (Å²) in [6.45, 7) is 6.17. The first-order valence-corrected chi connectivity index (χ1v) is 14.1. The highest BCUT2D eigenvalue weighted by Crippen LogP contribution is 2.67. The van der Waals surface area contributed by atoms with Gasteiger partial charge in [0.15, 0.2) is 0 Å². The highest BCUT2D eigenvalue weighted by atomic mass is 32.2. The lowest BCUT2D eigenvalue weighted by molar-refractivity contribution is -0.121. The number of hydrogen-bond donors (Lipinski definition) is 1. The van der Waals surface area contributed by atoms with Gasteiger partial charge < -0.3 is 5.32 Å². The van der Waals surface area contributed by atoms with Crippen LogP contribution >= 0.6 is 11.8 Å². The molecule has 4 saturated carbocycles. The van der Waals surface area contributed by atoms with Crippen LogP contribution in [0, 0.1) is 40.4 Å². The molecule has 0 bridgehead atoms. The molecule has 4 aliphatic rings. The van der Waals surface area contributed by atoms with Gasteiger partial charge in [-0.15, -0.1) is 0 Å². The summed E-state index contributed by atoms with van der Waals surface area (Å²) in [4.78, 5) is 12.1. The molecule has 0 heterocycles. The van der Waals surface area contributed by atoms with Crippen molar-refractivity contribution in [1.29, 1.82) is 0 Å². The van der Waals surface area contributed by atoms with Gasteiger partial charge >= 0.3 is 0 Å². The van der Waals surface area contributed by atoms with Gasteiger partial charge in [0.1, 0.15) is 0 Å². The zero-order chi connectivity index (χ0) is 20.5. The van der Waals surface area contributed by atoms with E-state index in [1.165, 1.54) is 70.6 Å². The Kier molecular flexibility index (Phi) is 6.93. The fraction of sp³-hybridized carbons (Fsp3) is 0.962. The maximum absolute atomic E-state index is 12.1. The molecule has 1 amide bonds. The number of thioether (sulfide) groups is 1. The Bertz CT molecular complexity index is 579. The molecule has 1 N–H and O–H groups in total. The summed E-state index contributed by atoms with van der Waals surface area (Å²) in [5.74, 6) is 6.19. The van der Waals surface area contributed by atoms with E-state index in [1.807, 2.05) is 0 Å². The molecule has 4 fully saturated rings. The van der Waals surface area contributed by atoms with Crippen LogP contribution in [0.2, 0.25) is 0 Å². The van der Waals surface area contributed by atoms with Crippen molar-refractivity contribution >= 4 is 17.7 Å². The summed E-state index contributed by atoms with van der Waals surface area (Å²) >= 11 is 1.80. The van der Waals surface area contributed by atoms with Gasteiger partial charge in [-0.2, -0.15) is 11.8 Å². The third-order valence-electron chi connectivity index (χ3n) is 10.4. The van der Waals surface area contributed by atoms with Crippen molar-refractivity contribution in [2.75, 3.05) is 18.6 Å². The first-order valence-electron chi connectivity index (χ1n) is 12.7. The Morgan fingerprint density at radius 3 is 2.62 bits per heavy atom. The number of carbonyl (C=O) groups is 1. The van der Waals surface area contributed by atoms with E-state index in [1.54, 1.807) is 11.8 Å². The molecule has 4 rings (SSSR count). The van der Waals surface area contributed by atoms with Crippen molar-refractivity contribution in [1.82, 2.24) is 5.32 Å². The van der Waals surface area contributed by atoms with E-state index < -0.39 is 0 Å². The van der Waals surface area contributed by atoms with Gasteiger partial charge in [-0.3, -0.25) is 4.79 Å². The average molecular weight is 420 g/mol. The average Bonchev–Trinajstić information content (AvgIpc) is 3.04. The molecule has 4 aliphatic carbocycles. The second kappa shape index (κ2) is 9.13. The van der Waals surface area contributed by atoms with Gasteiger partial charge in [0.2, 0.25) is 5.91 Å². The van der Waals surface area contributed by atoms with Crippen LogP contribution in [0.3, 0.4) is 0 Å². The van der Waals surface area contributed by atoms with E-state index in [4.69, 9.17) is 0 Å². The normalized spacial score (nSPS) is 43.9. The lowest BCUT2D eigenvalue weighted by atomic mass is 9.45. The molecule has 0 radical (unpaired) electrons. The minimum Gasteiger partial charge on any atom is -0.355 e. The molecule has 0 aliphatic heterocycles. The van der Waals surface area contributed by atoms with Crippen LogP contribution in [0.15, 0.2) is 0 Å². The predicted molar refractivity (Wildman–Crippen MR) is 125 cm³/mol. The van der Waals surface area contributed by atoms with Crippen LogP contribution in [0.1, 0.15) is 97.3 Å². The summed E-state index contributed by atoms with van der Waals surface area (Å²) in [6, 6.07) is 0. The fourth-order valence-electron chi connectivity index (χ4n) is 8.77. The second-order valence-electron chi connectivity index (χ2n) is 11.5. The zero-order valence-electron chi connectivity index (χ0n) is 19.3. The van der Waals surface area contributed by atoms with E-state index in [0.29, 0.717) is 10.8 Å². The molecule has 7 atom stereocenters. The third-order valence-corrected chi connectivity index (χ3v) is 11.0. The van der Waals surface area contributed by atoms with E-state index in [0.717, 1.165) is 54.7 Å². The van der Waals surface area contributed by atoms with Crippen molar-refractivity contribution in [2.45, 2.75) is 97.3 Å². The Labute approximate surface area is 184 Å². The van der Waals surface area contributed by atoms with Crippen LogP contribution in [-0.2, 0) is 4.79 Å². The molecule has 0 aromatic carbocycles. The van der Waals surface area contributed by atoms with Crippen LogP contribution in [0.25, 0.3) is 0 Å². The molecule has 0 aromatic heterocycles. The highest BCUT2D eigenvalue weighted by Gasteiger charge is 2.59. The lowest BCUT2D eigenvalue weighted by Crippen LogP contribution is -2.52. The van der Waals surface area contributed by atoms with E-state index >= 15 is 0 Å². The molecule has 166 valence electrons. The topological polar surface area (TPSA) is 29.1 Å². The van der Waals surface area contributed by atoms with E-state index in [9.17, 15) is 4.79 Å². The van der Waals surface area contributed by atoms with Gasteiger partial charge in [-0.05, 0) is 111 Å². The Morgan fingerprint density at radius 1 is 0.966 bits per heavy atom. The second-order valence-corrected chi connectivity index (χ2v) is 12.4. The molecule has 0 spiro atoms. The Hall–Kier alpha value is -0.180.